The molecule has 0 amide bonds. The van der Waals surface area contributed by atoms with Gasteiger partial charge in [-0.1, -0.05) is 11.6 Å². The molecule has 2 heterocycles. The first-order valence-electron chi connectivity index (χ1n) is 7.97. The molecule has 1 aliphatic heterocycles. The van der Waals surface area contributed by atoms with Crippen LogP contribution in [0.25, 0.3) is 0 Å². The van der Waals surface area contributed by atoms with Gasteiger partial charge in [0, 0.05) is 24.3 Å². The number of sulfonamides is 1. The number of anilines is 1. The highest BCUT2D eigenvalue weighted by atomic mass is 35.5. The van der Waals surface area contributed by atoms with Gasteiger partial charge in [-0.25, -0.2) is 23.1 Å². The van der Waals surface area contributed by atoms with Gasteiger partial charge in [0.05, 0.1) is 32.6 Å². The molecule has 0 radical (unpaired) electrons. The van der Waals surface area contributed by atoms with Gasteiger partial charge < -0.3 is 14.4 Å². The average molecular weight is 399 g/mol. The van der Waals surface area contributed by atoms with Gasteiger partial charge in [0.25, 0.3) is 0 Å². The summed E-state index contributed by atoms with van der Waals surface area (Å²) in [4.78, 5) is 10.7. The van der Waals surface area contributed by atoms with Crippen molar-refractivity contribution in [2.45, 2.75) is 11.4 Å². The molecule has 10 heteroatoms. The van der Waals surface area contributed by atoms with Crippen molar-refractivity contribution in [1.82, 2.24) is 14.7 Å². The monoisotopic (exact) mass is 398 g/mol. The fourth-order valence-corrected chi connectivity index (χ4v) is 3.93. The first-order valence-corrected chi connectivity index (χ1v) is 9.83. The Morgan fingerprint density at radius 2 is 2.08 bits per heavy atom. The fourth-order valence-electron chi connectivity index (χ4n) is 2.51. The molecule has 0 unspecified atom stereocenters. The quantitative estimate of drug-likeness (QED) is 0.787. The standard InChI is InChI=1S/C16H19ClN4O4S/c1-24-14-3-2-12(17)10-15(14)26(22,23)19-11-13-4-5-18-16(20-13)21-6-8-25-9-7-21/h2-5,10,19H,6-9,11H2,1H3. The number of halogens is 1. The summed E-state index contributed by atoms with van der Waals surface area (Å²) in [5.74, 6) is 0.781. The van der Waals surface area contributed by atoms with Crippen LogP contribution in [-0.4, -0.2) is 51.8 Å². The number of ether oxygens (including phenoxy) is 2. The van der Waals surface area contributed by atoms with Gasteiger partial charge in [0.15, 0.2) is 0 Å². The maximum atomic E-state index is 12.6. The molecule has 1 aromatic heterocycles. The molecular weight excluding hydrogens is 380 g/mol. The van der Waals surface area contributed by atoms with E-state index < -0.39 is 10.0 Å². The summed E-state index contributed by atoms with van der Waals surface area (Å²) in [6.07, 6.45) is 1.61. The van der Waals surface area contributed by atoms with Crippen LogP contribution in [0, 0.1) is 0 Å². The molecule has 1 aromatic carbocycles. The van der Waals surface area contributed by atoms with E-state index in [-0.39, 0.29) is 17.2 Å². The minimum absolute atomic E-state index is 0.0186. The molecule has 2 aromatic rings. The van der Waals surface area contributed by atoms with Gasteiger partial charge in [0.2, 0.25) is 16.0 Å². The number of rotatable bonds is 6. The van der Waals surface area contributed by atoms with Gasteiger partial charge >= 0.3 is 0 Å². The first kappa shape index (κ1) is 18.8. The maximum absolute atomic E-state index is 12.6. The number of morpholine rings is 1. The van der Waals surface area contributed by atoms with Crippen molar-refractivity contribution in [3.63, 3.8) is 0 Å². The van der Waals surface area contributed by atoms with E-state index >= 15 is 0 Å². The number of hydrogen-bond acceptors (Lipinski definition) is 7. The third-order valence-corrected chi connectivity index (χ3v) is 5.51. The smallest absolute Gasteiger partial charge is 0.244 e. The lowest BCUT2D eigenvalue weighted by Gasteiger charge is -2.26. The molecule has 0 atom stereocenters. The van der Waals surface area contributed by atoms with Crippen LogP contribution in [0.2, 0.25) is 5.02 Å². The van der Waals surface area contributed by atoms with Crippen LogP contribution in [0.5, 0.6) is 5.75 Å². The largest absolute Gasteiger partial charge is 0.495 e. The van der Waals surface area contributed by atoms with E-state index in [4.69, 9.17) is 21.1 Å². The van der Waals surface area contributed by atoms with Crippen LogP contribution >= 0.6 is 11.6 Å². The molecule has 3 rings (SSSR count). The van der Waals surface area contributed by atoms with Crippen LogP contribution in [0.1, 0.15) is 5.69 Å². The summed E-state index contributed by atoms with van der Waals surface area (Å²) in [6.45, 7) is 2.67. The lowest BCUT2D eigenvalue weighted by Crippen LogP contribution is -2.37. The summed E-state index contributed by atoms with van der Waals surface area (Å²) in [5, 5.41) is 0.308. The second-order valence-electron chi connectivity index (χ2n) is 5.57. The zero-order valence-electron chi connectivity index (χ0n) is 14.2. The number of benzene rings is 1. The number of nitrogens with one attached hydrogen (secondary N) is 1. The van der Waals surface area contributed by atoms with Crippen LogP contribution in [0.15, 0.2) is 35.4 Å². The van der Waals surface area contributed by atoms with Crippen molar-refractivity contribution in [3.05, 3.63) is 41.2 Å². The maximum Gasteiger partial charge on any atom is 0.244 e. The molecule has 1 saturated heterocycles. The average Bonchev–Trinajstić information content (AvgIpc) is 2.67. The highest BCUT2D eigenvalue weighted by molar-refractivity contribution is 7.89. The Morgan fingerprint density at radius 1 is 1.31 bits per heavy atom. The van der Waals surface area contributed by atoms with Crippen molar-refractivity contribution in [3.8, 4) is 5.75 Å². The first-order chi connectivity index (χ1) is 12.5. The van der Waals surface area contributed by atoms with E-state index in [0.29, 0.717) is 43.0 Å². The number of methoxy groups -OCH3 is 1. The number of hydrogen-bond donors (Lipinski definition) is 1. The second kappa shape index (κ2) is 8.17. The predicted octanol–water partition coefficient (Wildman–Crippen LogP) is 1.45. The number of aromatic nitrogens is 2. The molecule has 26 heavy (non-hydrogen) atoms. The Balaban J connectivity index is 1.75. The summed E-state index contributed by atoms with van der Waals surface area (Å²) in [6, 6.07) is 6.10. The molecular formula is C16H19ClN4O4S. The molecule has 1 N–H and O–H groups in total. The summed E-state index contributed by atoms with van der Waals surface area (Å²) in [7, 11) is -2.41. The Kier molecular flexibility index (Phi) is 5.92. The highest BCUT2D eigenvalue weighted by Crippen LogP contribution is 2.27. The van der Waals surface area contributed by atoms with Crippen molar-refractivity contribution in [2.75, 3.05) is 38.3 Å². The molecule has 1 fully saturated rings. The molecule has 8 nitrogen and oxygen atoms in total. The van der Waals surface area contributed by atoms with Crippen molar-refractivity contribution in [1.29, 1.82) is 0 Å². The van der Waals surface area contributed by atoms with Crippen LogP contribution in [0.3, 0.4) is 0 Å². The van der Waals surface area contributed by atoms with Gasteiger partial charge in [0.1, 0.15) is 10.6 Å². The Hall–Kier alpha value is -1.94. The lowest BCUT2D eigenvalue weighted by atomic mass is 10.3. The Morgan fingerprint density at radius 3 is 2.81 bits per heavy atom. The van der Waals surface area contributed by atoms with E-state index in [1.807, 2.05) is 4.90 Å². The SMILES string of the molecule is COc1ccc(Cl)cc1S(=O)(=O)NCc1ccnc(N2CCOCC2)n1. The van der Waals surface area contributed by atoms with E-state index in [1.54, 1.807) is 18.3 Å². The minimum Gasteiger partial charge on any atom is -0.495 e. The highest BCUT2D eigenvalue weighted by Gasteiger charge is 2.20. The molecule has 0 saturated carbocycles. The lowest BCUT2D eigenvalue weighted by molar-refractivity contribution is 0.122. The van der Waals surface area contributed by atoms with Gasteiger partial charge in [-0.3, -0.25) is 0 Å². The molecule has 0 spiro atoms. The molecule has 0 bridgehead atoms. The van der Waals surface area contributed by atoms with Crippen molar-refractivity contribution >= 4 is 27.6 Å². The fraction of sp³-hybridized carbons (Fsp3) is 0.375. The third kappa shape index (κ3) is 4.42. The van der Waals surface area contributed by atoms with Crippen molar-refractivity contribution < 1.29 is 17.9 Å². The van der Waals surface area contributed by atoms with E-state index in [0.717, 1.165) is 0 Å². The van der Waals surface area contributed by atoms with E-state index in [1.165, 1.54) is 19.2 Å². The summed E-state index contributed by atoms with van der Waals surface area (Å²) < 4.78 is 38.2. The number of nitrogens with zero attached hydrogens (tertiary/aromatic N) is 3. The molecule has 140 valence electrons. The van der Waals surface area contributed by atoms with Gasteiger partial charge in [-0.2, -0.15) is 0 Å². The van der Waals surface area contributed by atoms with E-state index in [2.05, 4.69) is 14.7 Å². The second-order valence-corrected chi connectivity index (χ2v) is 7.74. The normalized spacial score (nSPS) is 15.1. The van der Waals surface area contributed by atoms with E-state index in [9.17, 15) is 8.42 Å². The predicted molar refractivity (Wildman–Crippen MR) is 97.1 cm³/mol. The zero-order valence-corrected chi connectivity index (χ0v) is 15.8. The molecule has 0 aliphatic carbocycles. The Labute approximate surface area is 157 Å². The third-order valence-electron chi connectivity index (χ3n) is 3.85. The topological polar surface area (TPSA) is 93.7 Å². The Bertz CT molecular complexity index is 872. The van der Waals surface area contributed by atoms with Crippen LogP contribution in [-0.2, 0) is 21.3 Å². The van der Waals surface area contributed by atoms with Gasteiger partial charge in [-0.15, -0.1) is 0 Å². The minimum atomic E-state index is -3.81. The van der Waals surface area contributed by atoms with Crippen LogP contribution < -0.4 is 14.4 Å². The van der Waals surface area contributed by atoms with Crippen LogP contribution in [0.4, 0.5) is 5.95 Å². The zero-order chi connectivity index (χ0) is 18.6. The summed E-state index contributed by atoms with van der Waals surface area (Å²) in [5.41, 5.74) is 0.561. The van der Waals surface area contributed by atoms with Gasteiger partial charge in [-0.05, 0) is 24.3 Å². The summed E-state index contributed by atoms with van der Waals surface area (Å²) >= 11 is 5.92. The van der Waals surface area contributed by atoms with Crippen molar-refractivity contribution in [2.24, 2.45) is 0 Å². The molecule has 1 aliphatic rings.